The highest BCUT2D eigenvalue weighted by atomic mass is 79.9. The number of benzene rings is 1. The van der Waals surface area contributed by atoms with Crippen LogP contribution in [0.5, 0.6) is 5.75 Å². The smallest absolute Gasteiger partial charge is 0.432 e. The number of thioether (sulfide) groups is 1. The van der Waals surface area contributed by atoms with Crippen molar-refractivity contribution in [1.82, 2.24) is 0 Å². The minimum Gasteiger partial charge on any atom is -0.432 e. The summed E-state index contributed by atoms with van der Waals surface area (Å²) in [5.74, 6) is -0.545. The molecule has 0 spiro atoms. The average molecular weight is 402 g/mol. The molecule has 0 aliphatic carbocycles. The summed E-state index contributed by atoms with van der Waals surface area (Å²) < 4.78 is 65.1. The van der Waals surface area contributed by atoms with E-state index >= 15 is 0 Å². The Hall–Kier alpha value is -0.0200. The Morgan fingerprint density at radius 2 is 1.76 bits per heavy atom. The lowest BCUT2D eigenvalue weighted by Crippen LogP contribution is -2.06. The van der Waals surface area contributed by atoms with Crippen LogP contribution in [0.3, 0.4) is 0 Å². The first-order valence-electron chi connectivity index (χ1n) is 3.89. The largest absolute Gasteiger partial charge is 0.446 e. The van der Waals surface area contributed by atoms with Gasteiger partial charge >= 0.3 is 12.1 Å². The molecule has 96 valence electrons. The minimum atomic E-state index is -4.58. The third-order valence-electron chi connectivity index (χ3n) is 1.45. The molecule has 0 N–H and O–H groups in total. The Kier molecular flexibility index (Phi) is 5.08. The van der Waals surface area contributed by atoms with Gasteiger partial charge in [-0.2, -0.15) is 22.0 Å². The quantitative estimate of drug-likeness (QED) is 0.493. The lowest BCUT2D eigenvalue weighted by Gasteiger charge is -2.14. The van der Waals surface area contributed by atoms with Gasteiger partial charge in [-0.25, -0.2) is 0 Å². The fourth-order valence-electron chi connectivity index (χ4n) is 0.918. The van der Waals surface area contributed by atoms with E-state index in [-0.39, 0.29) is 4.47 Å². The Bertz CT molecular complexity index is 410. The molecule has 0 aliphatic rings. The maximum atomic E-state index is 12.2. The SMILES string of the molecule is FC(F)Oc1c(SC(F)(F)F)ccc(Br)c1Br. The summed E-state index contributed by atoms with van der Waals surface area (Å²) in [5.41, 5.74) is -4.58. The van der Waals surface area contributed by atoms with Crippen LogP contribution in [0.2, 0.25) is 0 Å². The van der Waals surface area contributed by atoms with E-state index in [0.717, 1.165) is 6.07 Å². The van der Waals surface area contributed by atoms with E-state index in [1.807, 2.05) is 0 Å². The zero-order valence-corrected chi connectivity index (χ0v) is 11.7. The fourth-order valence-corrected chi connectivity index (χ4v) is 2.43. The van der Waals surface area contributed by atoms with Crippen molar-refractivity contribution in [3.05, 3.63) is 21.1 Å². The van der Waals surface area contributed by atoms with Crippen molar-refractivity contribution >= 4 is 43.6 Å². The first kappa shape index (κ1) is 15.0. The van der Waals surface area contributed by atoms with Gasteiger partial charge in [0.25, 0.3) is 0 Å². The van der Waals surface area contributed by atoms with Crippen LogP contribution >= 0.6 is 43.6 Å². The van der Waals surface area contributed by atoms with E-state index < -0.39 is 34.5 Å². The normalized spacial score (nSPS) is 12.0. The summed E-state index contributed by atoms with van der Waals surface area (Å²) in [7, 11) is 0. The van der Waals surface area contributed by atoms with Crippen molar-refractivity contribution in [2.75, 3.05) is 0 Å². The highest BCUT2D eigenvalue weighted by Crippen LogP contribution is 2.46. The second-order valence-electron chi connectivity index (χ2n) is 2.61. The molecule has 0 radical (unpaired) electrons. The Morgan fingerprint density at radius 1 is 1.18 bits per heavy atom. The molecule has 0 heterocycles. The highest BCUT2D eigenvalue weighted by molar-refractivity contribution is 9.13. The summed E-state index contributed by atoms with van der Waals surface area (Å²) in [6.07, 6.45) is 0. The number of rotatable bonds is 3. The predicted octanol–water partition coefficient (Wildman–Crippen LogP) is 5.42. The van der Waals surface area contributed by atoms with Crippen LogP contribution in [0, 0.1) is 0 Å². The van der Waals surface area contributed by atoms with Crippen molar-refractivity contribution < 1.29 is 26.7 Å². The van der Waals surface area contributed by atoms with Crippen molar-refractivity contribution in [1.29, 1.82) is 0 Å². The Labute approximate surface area is 114 Å². The summed E-state index contributed by atoms with van der Waals surface area (Å²) >= 11 is 5.35. The molecule has 1 rings (SSSR count). The zero-order valence-electron chi connectivity index (χ0n) is 7.69. The molecule has 0 unspecified atom stereocenters. The number of halogens is 7. The molecule has 1 aromatic carbocycles. The molecule has 0 saturated heterocycles. The van der Waals surface area contributed by atoms with Crippen LogP contribution in [0.4, 0.5) is 22.0 Å². The van der Waals surface area contributed by atoms with E-state index in [1.54, 1.807) is 0 Å². The van der Waals surface area contributed by atoms with E-state index in [2.05, 4.69) is 36.6 Å². The Balaban J connectivity index is 3.15. The molecule has 1 nitrogen and oxygen atoms in total. The van der Waals surface area contributed by atoms with Gasteiger partial charge in [0.15, 0.2) is 5.75 Å². The Morgan fingerprint density at radius 3 is 2.24 bits per heavy atom. The van der Waals surface area contributed by atoms with Crippen molar-refractivity contribution in [3.63, 3.8) is 0 Å². The molecule has 0 saturated carbocycles. The molecule has 9 heteroatoms. The van der Waals surface area contributed by atoms with Crippen LogP contribution in [-0.4, -0.2) is 12.1 Å². The standard InChI is InChI=1S/C8H3Br2F5OS/c9-3-1-2-4(17-8(13,14)15)6(5(3)10)16-7(11)12/h1-2,7H. The van der Waals surface area contributed by atoms with Gasteiger partial charge in [-0.3, -0.25) is 0 Å². The number of hydrogen-bond donors (Lipinski definition) is 0. The lowest BCUT2D eigenvalue weighted by atomic mass is 10.3. The van der Waals surface area contributed by atoms with Gasteiger partial charge in [-0.1, -0.05) is 0 Å². The molecular weight excluding hydrogens is 399 g/mol. The van der Waals surface area contributed by atoms with Crippen molar-refractivity contribution in [2.24, 2.45) is 0 Å². The molecule has 0 aliphatic heterocycles. The molecular formula is C8H3Br2F5OS. The monoisotopic (exact) mass is 400 g/mol. The molecule has 17 heavy (non-hydrogen) atoms. The van der Waals surface area contributed by atoms with Crippen molar-refractivity contribution in [3.8, 4) is 5.75 Å². The predicted molar refractivity (Wildman–Crippen MR) is 60.4 cm³/mol. The molecule has 0 fully saturated rings. The summed E-state index contributed by atoms with van der Waals surface area (Å²) in [6.45, 7) is -3.20. The summed E-state index contributed by atoms with van der Waals surface area (Å²) in [6, 6.07) is 2.35. The minimum absolute atomic E-state index is 0.00653. The fraction of sp³-hybridized carbons (Fsp3) is 0.250. The maximum absolute atomic E-state index is 12.2. The second-order valence-corrected chi connectivity index (χ2v) is 5.37. The second kappa shape index (κ2) is 5.75. The average Bonchev–Trinajstić information content (AvgIpc) is 2.15. The zero-order chi connectivity index (χ0) is 13.2. The van der Waals surface area contributed by atoms with Gasteiger partial charge in [0.1, 0.15) is 0 Å². The number of alkyl halides is 5. The first-order chi connectivity index (χ1) is 7.70. The van der Waals surface area contributed by atoms with E-state index in [1.165, 1.54) is 6.07 Å². The molecule has 1 aromatic rings. The van der Waals surface area contributed by atoms with Gasteiger partial charge in [0.05, 0.1) is 9.37 Å². The topological polar surface area (TPSA) is 9.23 Å². The first-order valence-corrected chi connectivity index (χ1v) is 6.29. The van der Waals surface area contributed by atoms with Crippen LogP contribution in [0.15, 0.2) is 26.0 Å². The number of ether oxygens (including phenoxy) is 1. The number of hydrogen-bond acceptors (Lipinski definition) is 2. The summed E-state index contributed by atoms with van der Waals surface area (Å²) in [4.78, 5) is -0.437. The van der Waals surface area contributed by atoms with Gasteiger partial charge < -0.3 is 4.74 Å². The van der Waals surface area contributed by atoms with Gasteiger partial charge in [-0.15, -0.1) is 0 Å². The van der Waals surface area contributed by atoms with E-state index in [4.69, 9.17) is 0 Å². The van der Waals surface area contributed by atoms with Gasteiger partial charge in [0, 0.05) is 4.47 Å². The van der Waals surface area contributed by atoms with Crippen LogP contribution in [0.1, 0.15) is 0 Å². The van der Waals surface area contributed by atoms with E-state index in [0.29, 0.717) is 4.47 Å². The highest BCUT2D eigenvalue weighted by Gasteiger charge is 2.32. The van der Waals surface area contributed by atoms with Crippen LogP contribution in [0.25, 0.3) is 0 Å². The van der Waals surface area contributed by atoms with E-state index in [9.17, 15) is 22.0 Å². The van der Waals surface area contributed by atoms with Gasteiger partial charge in [0.2, 0.25) is 0 Å². The molecule has 0 bridgehead atoms. The maximum Gasteiger partial charge on any atom is 0.446 e. The van der Waals surface area contributed by atoms with Crippen molar-refractivity contribution in [2.45, 2.75) is 17.0 Å². The third-order valence-corrected chi connectivity index (χ3v) is 4.20. The third kappa shape index (κ3) is 4.63. The van der Waals surface area contributed by atoms with Gasteiger partial charge in [-0.05, 0) is 55.8 Å². The van der Waals surface area contributed by atoms with Crippen LogP contribution in [-0.2, 0) is 0 Å². The molecule has 0 atom stereocenters. The van der Waals surface area contributed by atoms with Crippen LogP contribution < -0.4 is 4.74 Å². The molecule has 0 aromatic heterocycles. The molecule has 0 amide bonds. The lowest BCUT2D eigenvalue weighted by molar-refractivity contribution is -0.0533. The summed E-state index contributed by atoms with van der Waals surface area (Å²) in [5, 5.41) is 0.